The number of nitrogens with zero attached hydrogens (tertiary/aromatic N) is 2. The Bertz CT molecular complexity index is 1040. The molecule has 1 unspecified atom stereocenters. The molecule has 0 spiro atoms. The maximum atomic E-state index is 12.8. The lowest BCUT2D eigenvalue weighted by Crippen LogP contribution is -2.47. The molecule has 0 aliphatic rings. The molecule has 2 aromatic carbocycles. The molecule has 9 heteroatoms. The van der Waals surface area contributed by atoms with Gasteiger partial charge in [-0.3, -0.25) is 9.59 Å². The van der Waals surface area contributed by atoms with Gasteiger partial charge < -0.3 is 15.2 Å². The molecule has 2 N–H and O–H groups in total. The van der Waals surface area contributed by atoms with Gasteiger partial charge in [-0.2, -0.15) is 11.8 Å². The molecule has 3 rings (SSSR count). The lowest BCUT2D eigenvalue weighted by molar-refractivity contribution is -0.123. The molecule has 3 aromatic rings. The van der Waals surface area contributed by atoms with E-state index in [1.54, 1.807) is 36.4 Å². The normalized spacial score (nSPS) is 11.7. The van der Waals surface area contributed by atoms with Crippen molar-refractivity contribution in [2.75, 3.05) is 12.0 Å². The summed E-state index contributed by atoms with van der Waals surface area (Å²) in [5.74, 6) is 0.0899. The first kappa shape index (κ1) is 24.2. The summed E-state index contributed by atoms with van der Waals surface area (Å²) in [5.41, 5.74) is 2.40. The van der Waals surface area contributed by atoms with Crippen LogP contribution in [0.3, 0.4) is 0 Å². The van der Waals surface area contributed by atoms with Gasteiger partial charge >= 0.3 is 0 Å². The van der Waals surface area contributed by atoms with E-state index < -0.39 is 11.9 Å². The third-order valence-electron chi connectivity index (χ3n) is 4.82. The van der Waals surface area contributed by atoms with E-state index in [0.29, 0.717) is 18.0 Å². The van der Waals surface area contributed by atoms with E-state index >= 15 is 0 Å². The highest BCUT2D eigenvalue weighted by atomic mass is 35.5. The number of nitrogens with one attached hydrogen (secondary N) is 2. The second kappa shape index (κ2) is 11.9. The van der Waals surface area contributed by atoms with Crippen molar-refractivity contribution in [3.05, 3.63) is 87.9 Å². The smallest absolute Gasteiger partial charge is 0.253 e. The quantitative estimate of drug-likeness (QED) is 0.441. The minimum absolute atomic E-state index is 0.236. The molecule has 0 saturated heterocycles. The zero-order valence-corrected chi connectivity index (χ0v) is 19.9. The number of imidazole rings is 1. The molecule has 1 heterocycles. The maximum absolute atomic E-state index is 12.8. The molecular weight excluding hydrogens is 467 g/mol. The van der Waals surface area contributed by atoms with Crippen molar-refractivity contribution in [3.63, 3.8) is 0 Å². The van der Waals surface area contributed by atoms with Crippen LogP contribution in [0.2, 0.25) is 10.0 Å². The maximum Gasteiger partial charge on any atom is 0.253 e. The van der Waals surface area contributed by atoms with Gasteiger partial charge in [0.15, 0.2) is 0 Å². The highest BCUT2D eigenvalue weighted by Gasteiger charge is 2.22. The van der Waals surface area contributed by atoms with Gasteiger partial charge in [0.05, 0.1) is 16.9 Å². The minimum Gasteiger partial charge on any atom is -0.350 e. The third kappa shape index (κ3) is 7.02. The van der Waals surface area contributed by atoms with E-state index in [1.165, 1.54) is 6.07 Å². The van der Waals surface area contributed by atoms with Crippen LogP contribution >= 0.6 is 35.0 Å². The SMILES string of the molecule is CSCCC(NC(=O)c1ccc(Cl)cc1Cl)C(=O)NCc1ccc(Cn2ccnc2)cc1. The van der Waals surface area contributed by atoms with Crippen molar-refractivity contribution < 1.29 is 9.59 Å². The Hall–Kier alpha value is -2.48. The first-order valence-electron chi connectivity index (χ1n) is 10.0. The second-order valence-electron chi connectivity index (χ2n) is 7.20. The van der Waals surface area contributed by atoms with Crippen LogP contribution < -0.4 is 10.6 Å². The van der Waals surface area contributed by atoms with Crippen molar-refractivity contribution in [3.8, 4) is 0 Å². The van der Waals surface area contributed by atoms with E-state index in [0.717, 1.165) is 23.4 Å². The lowest BCUT2D eigenvalue weighted by atomic mass is 10.1. The van der Waals surface area contributed by atoms with E-state index in [9.17, 15) is 9.59 Å². The Morgan fingerprint density at radius 1 is 1.12 bits per heavy atom. The number of hydrogen-bond acceptors (Lipinski definition) is 4. The number of hydrogen-bond donors (Lipinski definition) is 2. The molecular formula is C23H24Cl2N4O2S. The first-order valence-corrected chi connectivity index (χ1v) is 12.2. The van der Waals surface area contributed by atoms with Crippen LogP contribution in [0.1, 0.15) is 27.9 Å². The van der Waals surface area contributed by atoms with Gasteiger partial charge in [0.1, 0.15) is 6.04 Å². The average molecular weight is 491 g/mol. The highest BCUT2D eigenvalue weighted by Crippen LogP contribution is 2.21. The number of thioether (sulfide) groups is 1. The van der Waals surface area contributed by atoms with Crippen LogP contribution in [-0.2, 0) is 17.9 Å². The second-order valence-corrected chi connectivity index (χ2v) is 9.03. The summed E-state index contributed by atoms with van der Waals surface area (Å²) in [5, 5.41) is 6.41. The molecule has 0 aliphatic heterocycles. The molecule has 0 radical (unpaired) electrons. The monoisotopic (exact) mass is 490 g/mol. The standard InChI is InChI=1S/C23H24Cl2N4O2S/c1-32-11-8-21(28-22(30)19-7-6-18(24)12-20(19)25)23(31)27-13-16-2-4-17(5-3-16)14-29-10-9-26-15-29/h2-7,9-10,12,15,21H,8,11,13-14H2,1H3,(H,27,31)(H,28,30). The summed E-state index contributed by atoms with van der Waals surface area (Å²) in [6.07, 6.45) is 7.89. The van der Waals surface area contributed by atoms with Crippen molar-refractivity contribution in [1.29, 1.82) is 0 Å². The van der Waals surface area contributed by atoms with Crippen molar-refractivity contribution in [1.82, 2.24) is 20.2 Å². The molecule has 168 valence electrons. The van der Waals surface area contributed by atoms with Crippen molar-refractivity contribution in [2.45, 2.75) is 25.6 Å². The first-order chi connectivity index (χ1) is 15.5. The van der Waals surface area contributed by atoms with Crippen LogP contribution in [-0.4, -0.2) is 39.4 Å². The van der Waals surface area contributed by atoms with Gasteiger partial charge in [0.25, 0.3) is 5.91 Å². The van der Waals surface area contributed by atoms with Crippen LogP contribution in [0.15, 0.2) is 61.2 Å². The zero-order chi connectivity index (χ0) is 22.9. The topological polar surface area (TPSA) is 76.0 Å². The predicted octanol–water partition coefficient (Wildman–Crippen LogP) is 4.41. The van der Waals surface area contributed by atoms with Crippen LogP contribution in [0, 0.1) is 0 Å². The number of rotatable bonds is 10. The van der Waals surface area contributed by atoms with Gasteiger partial charge in [-0.1, -0.05) is 47.5 Å². The Morgan fingerprint density at radius 2 is 1.88 bits per heavy atom. The molecule has 0 aliphatic carbocycles. The molecule has 6 nitrogen and oxygen atoms in total. The number of halogens is 2. The summed E-state index contributed by atoms with van der Waals surface area (Å²) in [4.78, 5) is 29.5. The zero-order valence-electron chi connectivity index (χ0n) is 17.6. The summed E-state index contributed by atoms with van der Waals surface area (Å²) in [6, 6.07) is 12.0. The molecule has 2 amide bonds. The Kier molecular flexibility index (Phi) is 9.02. The number of amides is 2. The van der Waals surface area contributed by atoms with Crippen molar-refractivity contribution >= 4 is 46.8 Å². The molecule has 1 atom stereocenters. The van der Waals surface area contributed by atoms with E-state index in [-0.39, 0.29) is 16.5 Å². The van der Waals surface area contributed by atoms with Gasteiger partial charge in [-0.25, -0.2) is 4.98 Å². The van der Waals surface area contributed by atoms with Gasteiger partial charge in [-0.15, -0.1) is 0 Å². The third-order valence-corrected chi connectivity index (χ3v) is 6.01. The summed E-state index contributed by atoms with van der Waals surface area (Å²) >= 11 is 13.7. The fourth-order valence-electron chi connectivity index (χ4n) is 3.08. The van der Waals surface area contributed by atoms with Gasteiger partial charge in [-0.05, 0) is 47.8 Å². The largest absolute Gasteiger partial charge is 0.350 e. The average Bonchev–Trinajstić information content (AvgIpc) is 3.28. The molecule has 0 fully saturated rings. The van der Waals surface area contributed by atoms with Crippen LogP contribution in [0.4, 0.5) is 0 Å². The number of carbonyl (C=O) groups is 2. The summed E-state index contributed by atoms with van der Waals surface area (Å²) < 4.78 is 1.99. The highest BCUT2D eigenvalue weighted by molar-refractivity contribution is 7.98. The van der Waals surface area contributed by atoms with E-state index in [2.05, 4.69) is 15.6 Å². The van der Waals surface area contributed by atoms with E-state index in [1.807, 2.05) is 41.3 Å². The number of carbonyl (C=O) groups excluding carboxylic acids is 2. The van der Waals surface area contributed by atoms with Crippen LogP contribution in [0.5, 0.6) is 0 Å². The number of benzene rings is 2. The fraction of sp³-hybridized carbons (Fsp3) is 0.261. The Morgan fingerprint density at radius 3 is 2.53 bits per heavy atom. The van der Waals surface area contributed by atoms with Gasteiger partial charge in [0, 0.05) is 30.5 Å². The molecule has 1 aromatic heterocycles. The molecule has 0 bridgehead atoms. The Balaban J connectivity index is 1.58. The summed E-state index contributed by atoms with van der Waals surface area (Å²) in [6.45, 7) is 1.11. The molecule has 32 heavy (non-hydrogen) atoms. The fourth-order valence-corrected chi connectivity index (χ4v) is 4.05. The van der Waals surface area contributed by atoms with Gasteiger partial charge in [0.2, 0.25) is 5.91 Å². The van der Waals surface area contributed by atoms with E-state index in [4.69, 9.17) is 23.2 Å². The summed E-state index contributed by atoms with van der Waals surface area (Å²) in [7, 11) is 0. The predicted molar refractivity (Wildman–Crippen MR) is 130 cm³/mol. The van der Waals surface area contributed by atoms with Crippen molar-refractivity contribution in [2.24, 2.45) is 0 Å². The minimum atomic E-state index is -0.665. The van der Waals surface area contributed by atoms with Crippen LogP contribution in [0.25, 0.3) is 0 Å². The number of aromatic nitrogens is 2. The lowest BCUT2D eigenvalue weighted by Gasteiger charge is -2.19. The Labute approximate surface area is 201 Å². The molecule has 0 saturated carbocycles.